The van der Waals surface area contributed by atoms with E-state index in [9.17, 15) is 4.79 Å². The van der Waals surface area contributed by atoms with Crippen molar-refractivity contribution in [3.05, 3.63) is 94.5 Å². The van der Waals surface area contributed by atoms with Crippen molar-refractivity contribution in [1.82, 2.24) is 4.57 Å². The molecule has 0 aliphatic rings. The van der Waals surface area contributed by atoms with E-state index in [2.05, 4.69) is 36.4 Å². The molecule has 0 unspecified atom stereocenters. The first-order chi connectivity index (χ1) is 15.0. The molecule has 0 radical (unpaired) electrons. The first kappa shape index (κ1) is 24.1. The summed E-state index contributed by atoms with van der Waals surface area (Å²) in [5.41, 5.74) is 2.26. The second-order valence-corrected chi connectivity index (χ2v) is 7.95. The van der Waals surface area contributed by atoms with E-state index >= 15 is 0 Å². The highest BCUT2D eigenvalue weighted by Crippen LogP contribution is 2.22. The van der Waals surface area contributed by atoms with Crippen LogP contribution in [0.4, 0.5) is 0 Å². The van der Waals surface area contributed by atoms with E-state index in [-0.39, 0.29) is 23.6 Å². The molecule has 0 spiro atoms. The largest absolute Gasteiger partial charge is 1.00 e. The number of rotatable bonds is 8. The number of fused-ring (bicyclic) bond motifs is 1. The lowest BCUT2D eigenvalue weighted by Crippen LogP contribution is -3.00. The van der Waals surface area contributed by atoms with Gasteiger partial charge in [0.25, 0.3) is 10.3 Å². The second-order valence-electron chi connectivity index (χ2n) is 7.23. The summed E-state index contributed by atoms with van der Waals surface area (Å²) in [7, 11) is 0. The summed E-state index contributed by atoms with van der Waals surface area (Å²) in [6, 6.07) is 21.9. The number of hydrogen-bond acceptors (Lipinski definition) is 2. The molecule has 0 aliphatic heterocycles. The molecule has 32 heavy (non-hydrogen) atoms. The smallest absolute Gasteiger partial charge is 0.341 e. The van der Waals surface area contributed by atoms with Gasteiger partial charge in [0.15, 0.2) is 6.61 Å². The Balaban J connectivity index is 0.00000289. The zero-order valence-corrected chi connectivity index (χ0v) is 20.1. The van der Waals surface area contributed by atoms with Crippen LogP contribution in [-0.2, 0) is 24.3 Å². The Morgan fingerprint density at radius 3 is 2.47 bits per heavy atom. The monoisotopic (exact) mass is 534 g/mol. The van der Waals surface area contributed by atoms with Crippen LogP contribution in [0.25, 0.3) is 10.8 Å². The van der Waals surface area contributed by atoms with Gasteiger partial charge in [0.2, 0.25) is 6.33 Å². The molecule has 8 heteroatoms. The molecule has 5 nitrogen and oxygen atoms in total. The summed E-state index contributed by atoms with van der Waals surface area (Å²) in [5, 5.41) is 12.1. The summed E-state index contributed by atoms with van der Waals surface area (Å²) >= 11 is 13.0. The van der Waals surface area contributed by atoms with Gasteiger partial charge in [-0.15, -0.1) is 0 Å². The van der Waals surface area contributed by atoms with Gasteiger partial charge in [-0.05, 0) is 57.2 Å². The third-order valence-corrected chi connectivity index (χ3v) is 5.98. The quantitative estimate of drug-likeness (QED) is 0.351. The van der Waals surface area contributed by atoms with Crippen molar-refractivity contribution in [3.8, 4) is 5.75 Å². The molecule has 4 rings (SSSR count). The number of carboxylic acids is 1. The summed E-state index contributed by atoms with van der Waals surface area (Å²) < 4.78 is 9.01. The number of ether oxygens (including phenoxy) is 1. The zero-order valence-electron chi connectivity index (χ0n) is 17.0. The van der Waals surface area contributed by atoms with Crippen molar-refractivity contribution in [2.45, 2.75) is 19.5 Å². The van der Waals surface area contributed by atoms with Crippen LogP contribution in [0.5, 0.6) is 5.75 Å². The Hall–Kier alpha value is -2.54. The normalized spacial score (nSPS) is 10.7. The minimum absolute atomic E-state index is 0. The molecule has 0 saturated heterocycles. The van der Waals surface area contributed by atoms with Crippen molar-refractivity contribution in [3.63, 3.8) is 0 Å². The Morgan fingerprint density at radius 1 is 1.00 bits per heavy atom. The Labute approximate surface area is 206 Å². The highest BCUT2D eigenvalue weighted by Gasteiger charge is 2.20. The molecule has 0 fully saturated rings. The molecule has 1 heterocycles. The minimum atomic E-state index is -1.01. The fourth-order valence-corrected chi connectivity index (χ4v) is 4.01. The number of halogens is 3. The Bertz CT molecular complexity index is 1220. The van der Waals surface area contributed by atoms with Crippen molar-refractivity contribution in [2.24, 2.45) is 0 Å². The summed E-state index contributed by atoms with van der Waals surface area (Å²) in [4.78, 5) is 10.6. The number of aliphatic carboxylic acids is 1. The van der Waals surface area contributed by atoms with Crippen LogP contribution in [0.15, 0.2) is 73.1 Å². The number of hydrogen-bond donors (Lipinski definition) is 1. The number of aromatic nitrogens is 2. The molecular formula is C24H21BrCl2N2O3. The van der Waals surface area contributed by atoms with Crippen molar-refractivity contribution in [2.75, 3.05) is 6.61 Å². The molecule has 0 atom stereocenters. The zero-order chi connectivity index (χ0) is 21.8. The summed E-state index contributed by atoms with van der Waals surface area (Å²) in [6.45, 7) is 0.885. The standard InChI is InChI=1S/C24H20Cl2N2O3.BrH/c25-23-24(26)28(14-17-8-10-20(11-9-17)31-15-22(29)30)16-27(23)13-12-19-6-3-5-18-4-1-2-7-21(18)19;/h1-11,16H,12-15H2;1H. The van der Waals surface area contributed by atoms with Crippen LogP contribution in [0.1, 0.15) is 11.1 Å². The number of nitrogens with zero attached hydrogens (tertiary/aromatic N) is 2. The summed E-state index contributed by atoms with van der Waals surface area (Å²) in [5.74, 6) is -0.501. The van der Waals surface area contributed by atoms with E-state index < -0.39 is 5.97 Å². The topological polar surface area (TPSA) is 55.3 Å². The predicted octanol–water partition coefficient (Wildman–Crippen LogP) is 1.99. The van der Waals surface area contributed by atoms with E-state index in [1.807, 2.05) is 33.7 Å². The van der Waals surface area contributed by atoms with E-state index in [0.29, 0.717) is 29.1 Å². The lowest BCUT2D eigenvalue weighted by Gasteiger charge is -2.05. The van der Waals surface area contributed by atoms with Gasteiger partial charge in [-0.25, -0.2) is 13.9 Å². The molecule has 0 aliphatic carbocycles. The number of imidazole rings is 1. The Kier molecular flexibility index (Phi) is 8.18. The lowest BCUT2D eigenvalue weighted by molar-refractivity contribution is -0.693. The van der Waals surface area contributed by atoms with Crippen LogP contribution in [0.3, 0.4) is 0 Å². The van der Waals surface area contributed by atoms with Gasteiger partial charge in [-0.3, -0.25) is 0 Å². The Morgan fingerprint density at radius 2 is 1.72 bits per heavy atom. The molecule has 0 saturated carbocycles. The van der Waals surface area contributed by atoms with Gasteiger partial charge >= 0.3 is 5.97 Å². The molecule has 0 amide bonds. The van der Waals surface area contributed by atoms with Gasteiger partial charge in [0.05, 0.1) is 6.54 Å². The lowest BCUT2D eigenvalue weighted by atomic mass is 10.0. The maximum atomic E-state index is 10.6. The average Bonchev–Trinajstić information content (AvgIpc) is 3.05. The number of carbonyl (C=O) groups is 1. The maximum absolute atomic E-state index is 10.6. The molecule has 1 aromatic heterocycles. The molecular weight excluding hydrogens is 515 g/mol. The molecule has 1 N–H and O–H groups in total. The average molecular weight is 536 g/mol. The van der Waals surface area contributed by atoms with E-state index in [4.69, 9.17) is 33.0 Å². The predicted molar refractivity (Wildman–Crippen MR) is 121 cm³/mol. The van der Waals surface area contributed by atoms with Crippen LogP contribution >= 0.6 is 23.2 Å². The van der Waals surface area contributed by atoms with E-state index in [1.165, 1.54) is 16.3 Å². The van der Waals surface area contributed by atoms with Crippen molar-refractivity contribution >= 4 is 39.9 Å². The molecule has 166 valence electrons. The minimum Gasteiger partial charge on any atom is -1.00 e. The fourth-order valence-electron chi connectivity index (χ4n) is 3.56. The maximum Gasteiger partial charge on any atom is 0.341 e. The third kappa shape index (κ3) is 5.63. The van der Waals surface area contributed by atoms with E-state index in [0.717, 1.165) is 12.0 Å². The second kappa shape index (κ2) is 10.9. The third-order valence-electron chi connectivity index (χ3n) is 5.09. The molecule has 0 bridgehead atoms. The van der Waals surface area contributed by atoms with Gasteiger partial charge in [0, 0.05) is 6.42 Å². The highest BCUT2D eigenvalue weighted by molar-refractivity contribution is 6.39. The first-order valence-corrected chi connectivity index (χ1v) is 10.6. The highest BCUT2D eigenvalue weighted by atomic mass is 79.9. The number of benzene rings is 3. The molecule has 3 aromatic carbocycles. The number of aryl methyl sites for hydroxylation is 2. The van der Waals surface area contributed by atoms with Gasteiger partial charge < -0.3 is 26.8 Å². The van der Waals surface area contributed by atoms with Gasteiger partial charge in [0.1, 0.15) is 12.3 Å². The first-order valence-electron chi connectivity index (χ1n) is 9.85. The van der Waals surface area contributed by atoms with Crippen LogP contribution in [0.2, 0.25) is 10.3 Å². The van der Waals surface area contributed by atoms with E-state index in [1.54, 1.807) is 12.1 Å². The van der Waals surface area contributed by atoms with Gasteiger partial charge in [-0.1, -0.05) is 54.6 Å². The van der Waals surface area contributed by atoms with Crippen LogP contribution < -0.4 is 26.3 Å². The number of carboxylic acid groups (broad SMARTS) is 1. The molecule has 4 aromatic rings. The van der Waals surface area contributed by atoms with Crippen LogP contribution in [0, 0.1) is 0 Å². The SMILES string of the molecule is O=C(O)COc1ccc(Cn2c[n+](CCc3cccc4ccccc34)c(Cl)c2Cl)cc1.[Br-]. The fraction of sp³-hybridized carbons (Fsp3) is 0.167. The van der Waals surface area contributed by atoms with Crippen LogP contribution in [-0.4, -0.2) is 22.2 Å². The van der Waals surface area contributed by atoms with Crippen molar-refractivity contribution in [1.29, 1.82) is 0 Å². The summed E-state index contributed by atoms with van der Waals surface area (Å²) in [6.07, 6.45) is 2.76. The van der Waals surface area contributed by atoms with Crippen molar-refractivity contribution < 1.29 is 36.2 Å². The van der Waals surface area contributed by atoms with Gasteiger partial charge in [-0.2, -0.15) is 0 Å².